The van der Waals surface area contributed by atoms with Gasteiger partial charge in [-0.05, 0) is 25.0 Å². The molecule has 1 atom stereocenters. The van der Waals surface area contributed by atoms with Crippen LogP contribution in [0.1, 0.15) is 37.0 Å². The molecular weight excluding hydrogens is 296 g/mol. The second-order valence-electron chi connectivity index (χ2n) is 5.38. The van der Waals surface area contributed by atoms with Crippen molar-refractivity contribution >= 4 is 34.8 Å². The molecule has 108 valence electrons. The van der Waals surface area contributed by atoms with E-state index in [2.05, 4.69) is 5.32 Å². The van der Waals surface area contributed by atoms with Gasteiger partial charge in [-0.3, -0.25) is 14.5 Å². The summed E-state index contributed by atoms with van der Waals surface area (Å²) in [6.07, 6.45) is 4.45. The van der Waals surface area contributed by atoms with Crippen molar-refractivity contribution in [2.45, 2.75) is 50.7 Å². The number of nitrogens with one attached hydrogen (secondary N) is 1. The van der Waals surface area contributed by atoms with Gasteiger partial charge in [0.1, 0.15) is 0 Å². The van der Waals surface area contributed by atoms with Crippen molar-refractivity contribution in [2.75, 3.05) is 0 Å². The topological polar surface area (TPSA) is 49.4 Å². The van der Waals surface area contributed by atoms with Crippen molar-refractivity contribution < 1.29 is 9.59 Å². The molecule has 2 fully saturated rings. The maximum atomic E-state index is 12.3. The number of thiophene rings is 1. The van der Waals surface area contributed by atoms with Crippen LogP contribution in [0.25, 0.3) is 0 Å². The zero-order valence-corrected chi connectivity index (χ0v) is 12.7. The SMILES string of the molecule is O=C1CC(NCc2ccc(Cl)s2)C(=O)N1C1CCCC1. The van der Waals surface area contributed by atoms with Gasteiger partial charge in [0.05, 0.1) is 16.8 Å². The molecule has 1 aliphatic heterocycles. The van der Waals surface area contributed by atoms with Gasteiger partial charge in [-0.15, -0.1) is 11.3 Å². The van der Waals surface area contributed by atoms with Gasteiger partial charge in [-0.25, -0.2) is 0 Å². The van der Waals surface area contributed by atoms with E-state index in [4.69, 9.17) is 11.6 Å². The number of rotatable bonds is 4. The lowest BCUT2D eigenvalue weighted by molar-refractivity contribution is -0.141. The van der Waals surface area contributed by atoms with Crippen LogP contribution in [0.5, 0.6) is 0 Å². The predicted molar refractivity (Wildman–Crippen MR) is 78.7 cm³/mol. The number of carbonyl (C=O) groups excluding carboxylic acids is 2. The minimum Gasteiger partial charge on any atom is -0.300 e. The van der Waals surface area contributed by atoms with Crippen LogP contribution >= 0.6 is 22.9 Å². The first-order chi connectivity index (χ1) is 9.65. The number of nitrogens with zero attached hydrogens (tertiary/aromatic N) is 1. The highest BCUT2D eigenvalue weighted by atomic mass is 35.5. The lowest BCUT2D eigenvalue weighted by Gasteiger charge is -2.22. The maximum Gasteiger partial charge on any atom is 0.247 e. The van der Waals surface area contributed by atoms with Crippen LogP contribution in [0.2, 0.25) is 4.34 Å². The molecule has 1 saturated carbocycles. The summed E-state index contributed by atoms with van der Waals surface area (Å²) in [6.45, 7) is 0.583. The van der Waals surface area contributed by atoms with Gasteiger partial charge in [-0.2, -0.15) is 0 Å². The number of imide groups is 1. The van der Waals surface area contributed by atoms with Crippen molar-refractivity contribution in [3.05, 3.63) is 21.3 Å². The van der Waals surface area contributed by atoms with Gasteiger partial charge >= 0.3 is 0 Å². The van der Waals surface area contributed by atoms with Crippen molar-refractivity contribution in [3.63, 3.8) is 0 Å². The molecule has 6 heteroatoms. The summed E-state index contributed by atoms with van der Waals surface area (Å²) in [5.41, 5.74) is 0. The van der Waals surface area contributed by atoms with E-state index in [0.29, 0.717) is 6.54 Å². The Kier molecular flexibility index (Phi) is 4.10. The summed E-state index contributed by atoms with van der Waals surface area (Å²) in [5, 5.41) is 3.18. The first kappa shape index (κ1) is 14.0. The number of likely N-dealkylation sites (tertiary alicyclic amines) is 1. The number of hydrogen-bond acceptors (Lipinski definition) is 4. The molecule has 2 amide bonds. The second-order valence-corrected chi connectivity index (χ2v) is 7.18. The minimum atomic E-state index is -0.371. The number of amides is 2. The third-order valence-electron chi connectivity index (χ3n) is 4.02. The fraction of sp³-hybridized carbons (Fsp3) is 0.571. The van der Waals surface area contributed by atoms with Crippen LogP contribution in [-0.4, -0.2) is 28.8 Å². The Bertz CT molecular complexity index is 525. The summed E-state index contributed by atoms with van der Waals surface area (Å²) < 4.78 is 0.739. The molecule has 1 aromatic heterocycles. The Morgan fingerprint density at radius 3 is 2.70 bits per heavy atom. The predicted octanol–water partition coefficient (Wildman–Crippen LogP) is 2.56. The van der Waals surface area contributed by atoms with Crippen molar-refractivity contribution in [1.82, 2.24) is 10.2 Å². The molecule has 3 rings (SSSR count). The third kappa shape index (κ3) is 2.75. The van der Waals surface area contributed by atoms with Crippen molar-refractivity contribution in [1.29, 1.82) is 0 Å². The molecule has 0 bridgehead atoms. The highest BCUT2D eigenvalue weighted by Gasteiger charge is 2.42. The molecule has 0 aromatic carbocycles. The average molecular weight is 313 g/mol. The zero-order valence-electron chi connectivity index (χ0n) is 11.1. The third-order valence-corrected chi connectivity index (χ3v) is 5.26. The van der Waals surface area contributed by atoms with Crippen LogP contribution in [-0.2, 0) is 16.1 Å². The van der Waals surface area contributed by atoms with Crippen LogP contribution in [0.15, 0.2) is 12.1 Å². The molecule has 0 spiro atoms. The van der Waals surface area contributed by atoms with E-state index < -0.39 is 0 Å². The lowest BCUT2D eigenvalue weighted by atomic mass is 10.2. The summed E-state index contributed by atoms with van der Waals surface area (Å²) in [7, 11) is 0. The van der Waals surface area contributed by atoms with E-state index in [1.54, 1.807) is 0 Å². The number of halogens is 1. The van der Waals surface area contributed by atoms with Crippen LogP contribution < -0.4 is 5.32 Å². The van der Waals surface area contributed by atoms with E-state index in [1.807, 2.05) is 12.1 Å². The van der Waals surface area contributed by atoms with Crippen LogP contribution in [0, 0.1) is 0 Å². The summed E-state index contributed by atoms with van der Waals surface area (Å²) >= 11 is 7.37. The van der Waals surface area contributed by atoms with E-state index in [1.165, 1.54) is 16.2 Å². The van der Waals surface area contributed by atoms with Crippen LogP contribution in [0.3, 0.4) is 0 Å². The Morgan fingerprint density at radius 1 is 1.30 bits per heavy atom. The fourth-order valence-electron chi connectivity index (χ4n) is 3.03. The normalized spacial score (nSPS) is 24.1. The van der Waals surface area contributed by atoms with Gasteiger partial charge in [0, 0.05) is 17.5 Å². The summed E-state index contributed by atoms with van der Waals surface area (Å²) in [6, 6.07) is 3.55. The molecule has 1 aliphatic carbocycles. The quantitative estimate of drug-likeness (QED) is 0.869. The summed E-state index contributed by atoms with van der Waals surface area (Å²) in [5.74, 6) is -0.0758. The standard InChI is InChI=1S/C14H17ClN2O2S/c15-12-6-5-10(20-12)8-16-11-7-13(18)17(14(11)19)9-3-1-2-4-9/h5-6,9,11,16H,1-4,7-8H2. The first-order valence-electron chi connectivity index (χ1n) is 6.98. The second kappa shape index (κ2) is 5.84. The van der Waals surface area contributed by atoms with Gasteiger partial charge in [0.15, 0.2) is 0 Å². The molecule has 2 aliphatic rings. The molecular formula is C14H17ClN2O2S. The minimum absolute atomic E-state index is 0.0244. The van der Waals surface area contributed by atoms with E-state index in [0.717, 1.165) is 34.9 Å². The molecule has 1 saturated heterocycles. The Balaban J connectivity index is 1.60. The van der Waals surface area contributed by atoms with Gasteiger partial charge < -0.3 is 5.32 Å². The average Bonchev–Trinajstić information content (AvgIpc) is 3.10. The molecule has 1 aromatic rings. The van der Waals surface area contributed by atoms with Crippen molar-refractivity contribution in [2.24, 2.45) is 0 Å². The summed E-state index contributed by atoms with van der Waals surface area (Å²) in [4.78, 5) is 27.0. The number of carbonyl (C=O) groups is 2. The van der Waals surface area contributed by atoms with E-state index >= 15 is 0 Å². The smallest absolute Gasteiger partial charge is 0.247 e. The highest BCUT2D eigenvalue weighted by molar-refractivity contribution is 7.16. The molecule has 1 N–H and O–H groups in total. The first-order valence-corrected chi connectivity index (χ1v) is 8.18. The molecule has 4 nitrogen and oxygen atoms in total. The zero-order chi connectivity index (χ0) is 14.1. The number of hydrogen-bond donors (Lipinski definition) is 1. The molecule has 2 heterocycles. The fourth-order valence-corrected chi connectivity index (χ4v) is 4.07. The van der Waals surface area contributed by atoms with Crippen molar-refractivity contribution in [3.8, 4) is 0 Å². The molecule has 20 heavy (non-hydrogen) atoms. The monoisotopic (exact) mass is 312 g/mol. The molecule has 0 radical (unpaired) electrons. The molecule has 1 unspecified atom stereocenters. The van der Waals surface area contributed by atoms with Gasteiger partial charge in [0.2, 0.25) is 11.8 Å². The maximum absolute atomic E-state index is 12.3. The van der Waals surface area contributed by atoms with Gasteiger partial charge in [-0.1, -0.05) is 24.4 Å². The van der Waals surface area contributed by atoms with E-state index in [-0.39, 0.29) is 30.3 Å². The van der Waals surface area contributed by atoms with E-state index in [9.17, 15) is 9.59 Å². The largest absolute Gasteiger partial charge is 0.300 e. The lowest BCUT2D eigenvalue weighted by Crippen LogP contribution is -2.42. The highest BCUT2D eigenvalue weighted by Crippen LogP contribution is 2.28. The van der Waals surface area contributed by atoms with Gasteiger partial charge in [0.25, 0.3) is 0 Å². The Hall–Kier alpha value is -0.910. The Morgan fingerprint density at radius 2 is 2.05 bits per heavy atom. The Labute approximate surface area is 127 Å². The van der Waals surface area contributed by atoms with Crippen LogP contribution in [0.4, 0.5) is 0 Å².